The normalized spacial score (nSPS) is 12.9. The van der Waals surface area contributed by atoms with Crippen LogP contribution in [-0.4, -0.2) is 16.3 Å². The fourth-order valence-corrected chi connectivity index (χ4v) is 3.38. The van der Waals surface area contributed by atoms with Gasteiger partial charge in [0.1, 0.15) is 0 Å². The fraction of sp³-hybridized carbons (Fsp3) is 0.200. The summed E-state index contributed by atoms with van der Waals surface area (Å²) in [7, 11) is 1.95. The highest BCUT2D eigenvalue weighted by atomic mass is 15.3. The largest absolute Gasteiger partial charge is 0.367 e. The number of hydrogen-bond acceptors (Lipinski definition) is 3. The van der Waals surface area contributed by atoms with E-state index in [9.17, 15) is 0 Å². The minimum absolute atomic E-state index is 0.671. The monoisotopic (exact) mass is 314 g/mol. The van der Waals surface area contributed by atoms with Crippen LogP contribution >= 0.6 is 0 Å². The average Bonchev–Trinajstić information content (AvgIpc) is 3.19. The van der Waals surface area contributed by atoms with Crippen molar-refractivity contribution < 1.29 is 0 Å². The lowest BCUT2D eigenvalue weighted by Crippen LogP contribution is -2.19. The third-order valence-electron chi connectivity index (χ3n) is 4.54. The number of benzene rings is 2. The SMILES string of the molecule is Cn1cc(CN2CCc3ccccc32)c(-c2ccc(C#N)cc2)n1. The fourth-order valence-electron chi connectivity index (χ4n) is 3.38. The van der Waals surface area contributed by atoms with Crippen molar-refractivity contribution >= 4 is 5.69 Å². The molecule has 0 N–H and O–H groups in total. The standard InChI is InChI=1S/C20H18N4/c1-23-13-18(14-24-11-10-16-4-2-3-5-19(16)24)20(22-23)17-8-6-15(12-21)7-9-17/h2-9,13H,10-11,14H2,1H3. The molecule has 24 heavy (non-hydrogen) atoms. The van der Waals surface area contributed by atoms with Gasteiger partial charge in [-0.1, -0.05) is 30.3 Å². The van der Waals surface area contributed by atoms with Gasteiger partial charge in [-0.05, 0) is 30.2 Å². The van der Waals surface area contributed by atoms with Gasteiger partial charge >= 0.3 is 0 Å². The van der Waals surface area contributed by atoms with Gasteiger partial charge in [0.2, 0.25) is 0 Å². The molecule has 3 aromatic rings. The molecule has 0 amide bonds. The summed E-state index contributed by atoms with van der Waals surface area (Å²) in [5.74, 6) is 0. The first-order valence-corrected chi connectivity index (χ1v) is 8.10. The van der Waals surface area contributed by atoms with Gasteiger partial charge in [0.05, 0.1) is 17.3 Å². The number of fused-ring (bicyclic) bond motifs is 1. The lowest BCUT2D eigenvalue weighted by molar-refractivity contribution is 0.767. The van der Waals surface area contributed by atoms with Gasteiger partial charge in [0, 0.05) is 43.1 Å². The van der Waals surface area contributed by atoms with Crippen LogP contribution in [0.25, 0.3) is 11.3 Å². The van der Waals surface area contributed by atoms with Gasteiger partial charge in [0.25, 0.3) is 0 Å². The summed E-state index contributed by atoms with van der Waals surface area (Å²) < 4.78 is 1.87. The Bertz CT molecular complexity index is 916. The van der Waals surface area contributed by atoms with E-state index < -0.39 is 0 Å². The molecule has 0 fully saturated rings. The predicted octanol–water partition coefficient (Wildman–Crippen LogP) is 3.52. The van der Waals surface area contributed by atoms with E-state index in [1.54, 1.807) is 0 Å². The van der Waals surface area contributed by atoms with Crippen molar-refractivity contribution in [3.05, 3.63) is 71.4 Å². The number of para-hydroxylation sites is 1. The molecule has 0 bridgehead atoms. The summed E-state index contributed by atoms with van der Waals surface area (Å²) in [6, 6.07) is 18.4. The zero-order chi connectivity index (χ0) is 16.5. The second kappa shape index (κ2) is 5.86. The van der Waals surface area contributed by atoms with Gasteiger partial charge in [-0.15, -0.1) is 0 Å². The zero-order valence-corrected chi connectivity index (χ0v) is 13.6. The number of aromatic nitrogens is 2. The van der Waals surface area contributed by atoms with E-state index in [1.165, 1.54) is 16.8 Å². The Morgan fingerprint density at radius 1 is 1.12 bits per heavy atom. The molecule has 0 saturated heterocycles. The first kappa shape index (κ1) is 14.5. The van der Waals surface area contributed by atoms with Crippen molar-refractivity contribution in [3.8, 4) is 17.3 Å². The highest BCUT2D eigenvalue weighted by Crippen LogP contribution is 2.31. The number of anilines is 1. The number of hydrogen-bond donors (Lipinski definition) is 0. The van der Waals surface area contributed by atoms with Crippen LogP contribution < -0.4 is 4.90 Å². The molecule has 2 heterocycles. The van der Waals surface area contributed by atoms with Gasteiger partial charge in [-0.3, -0.25) is 4.68 Å². The highest BCUT2D eigenvalue weighted by molar-refractivity contribution is 5.65. The molecule has 1 aliphatic rings. The Hall–Kier alpha value is -3.06. The topological polar surface area (TPSA) is 44.9 Å². The lowest BCUT2D eigenvalue weighted by atomic mass is 10.1. The van der Waals surface area contributed by atoms with Crippen LogP contribution in [0, 0.1) is 11.3 Å². The van der Waals surface area contributed by atoms with E-state index in [4.69, 9.17) is 5.26 Å². The van der Waals surface area contributed by atoms with Crippen molar-refractivity contribution in [1.29, 1.82) is 5.26 Å². The van der Waals surface area contributed by atoms with Crippen LogP contribution in [-0.2, 0) is 20.0 Å². The molecule has 0 radical (unpaired) electrons. The summed E-state index contributed by atoms with van der Waals surface area (Å²) in [5.41, 5.74) is 6.67. The number of nitriles is 1. The van der Waals surface area contributed by atoms with Crippen molar-refractivity contribution in [1.82, 2.24) is 9.78 Å². The zero-order valence-electron chi connectivity index (χ0n) is 13.6. The lowest BCUT2D eigenvalue weighted by Gasteiger charge is -2.19. The molecule has 0 saturated carbocycles. The van der Waals surface area contributed by atoms with Crippen LogP contribution in [0.15, 0.2) is 54.7 Å². The maximum atomic E-state index is 8.96. The van der Waals surface area contributed by atoms with Gasteiger partial charge < -0.3 is 4.90 Å². The van der Waals surface area contributed by atoms with E-state index in [-0.39, 0.29) is 0 Å². The van der Waals surface area contributed by atoms with Crippen molar-refractivity contribution in [2.24, 2.45) is 7.05 Å². The van der Waals surface area contributed by atoms with Gasteiger partial charge in [-0.2, -0.15) is 10.4 Å². The molecule has 0 unspecified atom stereocenters. The van der Waals surface area contributed by atoms with Crippen molar-refractivity contribution in [2.45, 2.75) is 13.0 Å². The summed E-state index contributed by atoms with van der Waals surface area (Å²) in [6.07, 6.45) is 3.19. The van der Waals surface area contributed by atoms with Gasteiger partial charge in [0.15, 0.2) is 0 Å². The van der Waals surface area contributed by atoms with E-state index in [2.05, 4.69) is 46.5 Å². The molecule has 4 nitrogen and oxygen atoms in total. The molecule has 0 aliphatic carbocycles. The molecule has 1 aromatic heterocycles. The first-order chi connectivity index (χ1) is 11.7. The Balaban J connectivity index is 1.66. The molecule has 4 rings (SSSR count). The number of aryl methyl sites for hydroxylation is 1. The Labute approximate surface area is 141 Å². The van der Waals surface area contributed by atoms with Crippen LogP contribution in [0.5, 0.6) is 0 Å². The quantitative estimate of drug-likeness (QED) is 0.743. The van der Waals surface area contributed by atoms with Crippen LogP contribution in [0.2, 0.25) is 0 Å². The third kappa shape index (κ3) is 2.55. The predicted molar refractivity (Wildman–Crippen MR) is 94.6 cm³/mol. The molecule has 118 valence electrons. The van der Waals surface area contributed by atoms with E-state index >= 15 is 0 Å². The molecule has 2 aromatic carbocycles. The van der Waals surface area contributed by atoms with E-state index in [0.29, 0.717) is 5.56 Å². The maximum Gasteiger partial charge on any atom is 0.0991 e. The smallest absolute Gasteiger partial charge is 0.0991 e. The second-order valence-electron chi connectivity index (χ2n) is 6.17. The highest BCUT2D eigenvalue weighted by Gasteiger charge is 2.21. The molecule has 0 atom stereocenters. The number of rotatable bonds is 3. The van der Waals surface area contributed by atoms with Crippen molar-refractivity contribution in [3.63, 3.8) is 0 Å². The molecule has 1 aliphatic heterocycles. The van der Waals surface area contributed by atoms with Gasteiger partial charge in [-0.25, -0.2) is 0 Å². The Kier molecular flexibility index (Phi) is 3.55. The molecular formula is C20H18N4. The number of nitrogens with zero attached hydrogens (tertiary/aromatic N) is 4. The minimum atomic E-state index is 0.671. The van der Waals surface area contributed by atoms with Crippen LogP contribution in [0.4, 0.5) is 5.69 Å². The molecule has 4 heteroatoms. The summed E-state index contributed by atoms with van der Waals surface area (Å²) in [6.45, 7) is 1.89. The minimum Gasteiger partial charge on any atom is -0.367 e. The summed E-state index contributed by atoms with van der Waals surface area (Å²) in [5, 5.41) is 13.6. The first-order valence-electron chi connectivity index (χ1n) is 8.10. The maximum absolute atomic E-state index is 8.96. The third-order valence-corrected chi connectivity index (χ3v) is 4.54. The van der Waals surface area contributed by atoms with Crippen molar-refractivity contribution in [2.75, 3.05) is 11.4 Å². The summed E-state index contributed by atoms with van der Waals surface area (Å²) in [4.78, 5) is 2.42. The summed E-state index contributed by atoms with van der Waals surface area (Å²) >= 11 is 0. The second-order valence-corrected chi connectivity index (χ2v) is 6.17. The van der Waals surface area contributed by atoms with E-state index in [1.807, 2.05) is 36.0 Å². The average molecular weight is 314 g/mol. The van der Waals surface area contributed by atoms with Crippen LogP contribution in [0.1, 0.15) is 16.7 Å². The van der Waals surface area contributed by atoms with E-state index in [0.717, 1.165) is 30.8 Å². The molecule has 0 spiro atoms. The molecular weight excluding hydrogens is 296 g/mol. The Morgan fingerprint density at radius 2 is 1.92 bits per heavy atom. The Morgan fingerprint density at radius 3 is 2.71 bits per heavy atom. The van der Waals surface area contributed by atoms with Crippen LogP contribution in [0.3, 0.4) is 0 Å².